The van der Waals surface area contributed by atoms with Gasteiger partial charge in [-0.2, -0.15) is 0 Å². The summed E-state index contributed by atoms with van der Waals surface area (Å²) in [6.07, 6.45) is 5.01. The van der Waals surface area contributed by atoms with Gasteiger partial charge in [0.05, 0.1) is 18.7 Å². The van der Waals surface area contributed by atoms with Crippen LogP contribution in [0.4, 0.5) is 4.79 Å². The summed E-state index contributed by atoms with van der Waals surface area (Å²) in [7, 11) is 1.75. The maximum Gasteiger partial charge on any atom is 0.410 e. The van der Waals surface area contributed by atoms with Crippen LogP contribution in [0.1, 0.15) is 40.1 Å². The summed E-state index contributed by atoms with van der Waals surface area (Å²) in [6.45, 7) is 1.77. The maximum atomic E-state index is 12.9. The van der Waals surface area contributed by atoms with Crippen molar-refractivity contribution in [2.24, 2.45) is 0 Å². The smallest absolute Gasteiger partial charge is 0.410 e. The van der Waals surface area contributed by atoms with E-state index in [1.54, 1.807) is 23.3 Å². The van der Waals surface area contributed by atoms with E-state index in [1.807, 2.05) is 10.3 Å². The van der Waals surface area contributed by atoms with E-state index >= 15 is 0 Å². The van der Waals surface area contributed by atoms with Crippen LogP contribution in [0, 0.1) is 0 Å². The number of nitrogens with zero attached hydrogens (tertiary/aromatic N) is 2. The van der Waals surface area contributed by atoms with Crippen LogP contribution in [0.2, 0.25) is 0 Å². The normalized spacial score (nSPS) is 27.4. The van der Waals surface area contributed by atoms with Gasteiger partial charge in [-0.05, 0) is 31.2 Å². The zero-order valence-corrected chi connectivity index (χ0v) is 13.6. The van der Waals surface area contributed by atoms with E-state index in [4.69, 9.17) is 4.74 Å². The topological polar surface area (TPSA) is 49.9 Å². The molecular weight excluding hydrogens is 300 g/mol. The molecule has 2 aliphatic heterocycles. The summed E-state index contributed by atoms with van der Waals surface area (Å²) in [4.78, 5) is 29.3. The first-order valence-corrected chi connectivity index (χ1v) is 8.79. The molecule has 1 atom stereocenters. The van der Waals surface area contributed by atoms with Gasteiger partial charge in [-0.3, -0.25) is 4.79 Å². The Morgan fingerprint density at radius 3 is 2.91 bits per heavy atom. The molecule has 0 saturated carbocycles. The number of hydrogen-bond acceptors (Lipinski definition) is 4. The Labute approximate surface area is 133 Å². The van der Waals surface area contributed by atoms with Gasteiger partial charge in [0.15, 0.2) is 5.60 Å². The molecule has 1 aromatic rings. The van der Waals surface area contributed by atoms with Gasteiger partial charge in [0.25, 0.3) is 5.91 Å². The molecule has 4 rings (SSSR count). The van der Waals surface area contributed by atoms with E-state index < -0.39 is 5.60 Å². The van der Waals surface area contributed by atoms with Gasteiger partial charge in [0, 0.05) is 30.3 Å². The first-order chi connectivity index (χ1) is 10.6. The second kappa shape index (κ2) is 4.98. The van der Waals surface area contributed by atoms with Gasteiger partial charge >= 0.3 is 6.09 Å². The lowest BCUT2D eigenvalue weighted by Gasteiger charge is -2.22. The van der Waals surface area contributed by atoms with Crippen LogP contribution in [0.3, 0.4) is 0 Å². The number of fused-ring (bicyclic) bond motifs is 1. The molecule has 3 heterocycles. The highest BCUT2D eigenvalue weighted by molar-refractivity contribution is 7.10. The van der Waals surface area contributed by atoms with E-state index in [2.05, 4.69) is 0 Å². The Hall–Kier alpha value is -1.56. The van der Waals surface area contributed by atoms with Crippen LogP contribution >= 0.6 is 11.3 Å². The molecule has 0 N–H and O–H groups in total. The van der Waals surface area contributed by atoms with E-state index in [0.29, 0.717) is 19.6 Å². The summed E-state index contributed by atoms with van der Waals surface area (Å²) in [5, 5.41) is 2.02. The number of ether oxygens (including phenoxy) is 1. The number of thiophene rings is 1. The summed E-state index contributed by atoms with van der Waals surface area (Å²) in [5.41, 5.74) is 1.66. The molecule has 0 bridgehead atoms. The van der Waals surface area contributed by atoms with Crippen LogP contribution in [-0.4, -0.2) is 54.1 Å². The highest BCUT2D eigenvalue weighted by Crippen LogP contribution is 2.35. The third-order valence-electron chi connectivity index (χ3n) is 5.04. The second-order valence-corrected chi connectivity index (χ2v) is 7.61. The first kappa shape index (κ1) is 14.1. The number of rotatable bonds is 1. The van der Waals surface area contributed by atoms with Crippen molar-refractivity contribution in [3.05, 3.63) is 21.4 Å². The van der Waals surface area contributed by atoms with Gasteiger partial charge in [0.1, 0.15) is 0 Å². The summed E-state index contributed by atoms with van der Waals surface area (Å²) < 4.78 is 5.53. The fraction of sp³-hybridized carbons (Fsp3) is 0.625. The monoisotopic (exact) mass is 320 g/mol. The molecule has 2 amide bonds. The minimum Gasteiger partial charge on any atom is -0.439 e. The number of likely N-dealkylation sites (tertiary alicyclic amines) is 1. The van der Waals surface area contributed by atoms with E-state index in [1.165, 1.54) is 23.3 Å². The largest absolute Gasteiger partial charge is 0.439 e. The summed E-state index contributed by atoms with van der Waals surface area (Å²) >= 11 is 1.72. The molecule has 1 aromatic heterocycles. The molecule has 6 heteroatoms. The van der Waals surface area contributed by atoms with Crippen LogP contribution in [0.5, 0.6) is 0 Å². The number of hydrogen-bond donors (Lipinski definition) is 0. The van der Waals surface area contributed by atoms with Gasteiger partial charge < -0.3 is 14.5 Å². The second-order valence-electron chi connectivity index (χ2n) is 6.64. The van der Waals surface area contributed by atoms with Gasteiger partial charge in [-0.15, -0.1) is 11.3 Å². The number of carbonyl (C=O) groups excluding carboxylic acids is 2. The van der Waals surface area contributed by atoms with Crippen molar-refractivity contribution in [1.29, 1.82) is 0 Å². The Morgan fingerprint density at radius 2 is 2.14 bits per heavy atom. The SMILES string of the molecule is CN1CC2(CCN(C(=O)c3csc4c3CCCC4)C2)OC1=O. The number of carbonyl (C=O) groups is 2. The van der Waals surface area contributed by atoms with Crippen molar-refractivity contribution in [1.82, 2.24) is 9.80 Å². The Morgan fingerprint density at radius 1 is 1.32 bits per heavy atom. The molecule has 0 radical (unpaired) electrons. The van der Waals surface area contributed by atoms with Gasteiger partial charge in [-0.25, -0.2) is 4.79 Å². The Balaban J connectivity index is 1.53. The van der Waals surface area contributed by atoms with Crippen molar-refractivity contribution >= 4 is 23.3 Å². The van der Waals surface area contributed by atoms with Crippen molar-refractivity contribution in [3.8, 4) is 0 Å². The number of amides is 2. The minimum atomic E-state index is -0.489. The summed E-state index contributed by atoms with van der Waals surface area (Å²) in [5.74, 6) is 0.113. The lowest BCUT2D eigenvalue weighted by atomic mass is 9.95. The molecule has 0 aromatic carbocycles. The quantitative estimate of drug-likeness (QED) is 0.798. The van der Waals surface area contributed by atoms with Crippen LogP contribution in [0.25, 0.3) is 0 Å². The maximum absolute atomic E-state index is 12.9. The average molecular weight is 320 g/mol. The average Bonchev–Trinajstić information content (AvgIpc) is 3.17. The molecular formula is C16H20N2O3S. The summed E-state index contributed by atoms with van der Waals surface area (Å²) in [6, 6.07) is 0. The van der Waals surface area contributed by atoms with Gasteiger partial charge in [-0.1, -0.05) is 0 Å². The molecule has 1 unspecified atom stereocenters. The third-order valence-corrected chi connectivity index (χ3v) is 6.12. The fourth-order valence-electron chi connectivity index (χ4n) is 3.87. The molecule has 5 nitrogen and oxygen atoms in total. The van der Waals surface area contributed by atoms with Crippen LogP contribution < -0.4 is 0 Å². The highest BCUT2D eigenvalue weighted by atomic mass is 32.1. The third kappa shape index (κ3) is 2.12. The zero-order chi connectivity index (χ0) is 15.3. The van der Waals surface area contributed by atoms with Crippen LogP contribution in [0.15, 0.2) is 5.38 Å². The van der Waals surface area contributed by atoms with E-state index in [0.717, 1.165) is 24.8 Å². The lowest BCUT2D eigenvalue weighted by molar-refractivity contribution is 0.0552. The van der Waals surface area contributed by atoms with Crippen molar-refractivity contribution < 1.29 is 14.3 Å². The standard InChI is InChI=1S/C16H20N2O3S/c1-17-9-16(21-15(17)20)6-7-18(10-16)14(19)12-8-22-13-5-3-2-4-11(12)13/h8H,2-7,9-10H2,1H3. The number of likely N-dealkylation sites (N-methyl/N-ethyl adjacent to an activating group) is 1. The minimum absolute atomic E-state index is 0.113. The highest BCUT2D eigenvalue weighted by Gasteiger charge is 2.49. The predicted molar refractivity (Wildman–Crippen MR) is 83.3 cm³/mol. The molecule has 3 aliphatic rings. The van der Waals surface area contributed by atoms with Crippen molar-refractivity contribution in [3.63, 3.8) is 0 Å². The number of aryl methyl sites for hydroxylation is 1. The van der Waals surface area contributed by atoms with E-state index in [9.17, 15) is 9.59 Å². The molecule has 2 saturated heterocycles. The van der Waals surface area contributed by atoms with E-state index in [-0.39, 0.29) is 12.0 Å². The Bertz CT molecular complexity index is 641. The lowest BCUT2D eigenvalue weighted by Crippen LogP contribution is -2.39. The molecule has 1 aliphatic carbocycles. The molecule has 1 spiro atoms. The fourth-order valence-corrected chi connectivity index (χ4v) is 4.99. The van der Waals surface area contributed by atoms with Crippen molar-refractivity contribution in [2.45, 2.75) is 37.7 Å². The molecule has 22 heavy (non-hydrogen) atoms. The Kier molecular flexibility index (Phi) is 3.18. The molecule has 118 valence electrons. The first-order valence-electron chi connectivity index (χ1n) is 7.91. The predicted octanol–water partition coefficient (Wildman–Crippen LogP) is 2.29. The van der Waals surface area contributed by atoms with Gasteiger partial charge in [0.2, 0.25) is 0 Å². The zero-order valence-electron chi connectivity index (χ0n) is 12.8. The van der Waals surface area contributed by atoms with Crippen molar-refractivity contribution in [2.75, 3.05) is 26.7 Å². The van der Waals surface area contributed by atoms with Crippen LogP contribution in [-0.2, 0) is 17.6 Å². The molecule has 2 fully saturated rings.